The maximum atomic E-state index is 13.5. The van der Waals surface area contributed by atoms with E-state index in [4.69, 9.17) is 5.11 Å². The standard InChI is InChI=1S/C11H15FO2/c1-2-3-6-9(12)8-5-4-7-10(13)11(8)14/h4-5,7,9,13-14H,2-3,6H2,1H3. The lowest BCUT2D eigenvalue weighted by Gasteiger charge is -2.10. The molecule has 3 heteroatoms. The van der Waals surface area contributed by atoms with Gasteiger partial charge in [-0.1, -0.05) is 31.9 Å². The Morgan fingerprint density at radius 3 is 2.71 bits per heavy atom. The fourth-order valence-electron chi connectivity index (χ4n) is 1.34. The van der Waals surface area contributed by atoms with E-state index >= 15 is 0 Å². The molecule has 1 rings (SSSR count). The molecule has 14 heavy (non-hydrogen) atoms. The van der Waals surface area contributed by atoms with E-state index in [1.165, 1.54) is 18.2 Å². The highest BCUT2D eigenvalue weighted by molar-refractivity contribution is 5.45. The van der Waals surface area contributed by atoms with Gasteiger partial charge >= 0.3 is 0 Å². The van der Waals surface area contributed by atoms with Crippen LogP contribution in [0.5, 0.6) is 11.5 Å². The van der Waals surface area contributed by atoms with E-state index in [1.54, 1.807) is 0 Å². The molecular formula is C11H15FO2. The fraction of sp³-hybridized carbons (Fsp3) is 0.455. The first-order valence-electron chi connectivity index (χ1n) is 4.81. The molecule has 0 aromatic heterocycles. The summed E-state index contributed by atoms with van der Waals surface area (Å²) in [5, 5.41) is 18.5. The van der Waals surface area contributed by atoms with Gasteiger partial charge in [-0.25, -0.2) is 4.39 Å². The Morgan fingerprint density at radius 1 is 1.36 bits per heavy atom. The van der Waals surface area contributed by atoms with Crippen LogP contribution in [0.1, 0.15) is 37.9 Å². The summed E-state index contributed by atoms with van der Waals surface area (Å²) in [6.07, 6.45) is 0.881. The Balaban J connectivity index is 2.79. The first-order chi connectivity index (χ1) is 6.66. The number of unbranched alkanes of at least 4 members (excludes halogenated alkanes) is 1. The zero-order valence-electron chi connectivity index (χ0n) is 8.20. The molecule has 78 valence electrons. The Morgan fingerprint density at radius 2 is 2.07 bits per heavy atom. The topological polar surface area (TPSA) is 40.5 Å². The quantitative estimate of drug-likeness (QED) is 0.729. The monoisotopic (exact) mass is 198 g/mol. The second-order valence-corrected chi connectivity index (χ2v) is 3.32. The van der Waals surface area contributed by atoms with Crippen molar-refractivity contribution in [2.24, 2.45) is 0 Å². The lowest BCUT2D eigenvalue weighted by Crippen LogP contribution is -1.92. The average molecular weight is 198 g/mol. The number of halogens is 1. The summed E-state index contributed by atoms with van der Waals surface area (Å²) in [5.41, 5.74) is 0.179. The zero-order chi connectivity index (χ0) is 10.6. The normalized spacial score (nSPS) is 12.7. The van der Waals surface area contributed by atoms with Crippen molar-refractivity contribution < 1.29 is 14.6 Å². The number of phenols is 2. The molecule has 0 aliphatic carbocycles. The van der Waals surface area contributed by atoms with Gasteiger partial charge in [0.25, 0.3) is 0 Å². The van der Waals surface area contributed by atoms with Crippen molar-refractivity contribution >= 4 is 0 Å². The second kappa shape index (κ2) is 4.84. The largest absolute Gasteiger partial charge is 0.504 e. The molecule has 0 aliphatic heterocycles. The van der Waals surface area contributed by atoms with Gasteiger partial charge in [-0.3, -0.25) is 0 Å². The third kappa shape index (κ3) is 2.37. The molecule has 0 fully saturated rings. The van der Waals surface area contributed by atoms with Crippen LogP contribution in [0.3, 0.4) is 0 Å². The van der Waals surface area contributed by atoms with Gasteiger partial charge < -0.3 is 10.2 Å². The molecule has 0 saturated heterocycles. The molecule has 1 aromatic carbocycles. The second-order valence-electron chi connectivity index (χ2n) is 3.32. The van der Waals surface area contributed by atoms with Gasteiger partial charge in [-0.05, 0) is 12.5 Å². The minimum Gasteiger partial charge on any atom is -0.504 e. The number of phenolic OH excluding ortho intramolecular Hbond substituents is 2. The van der Waals surface area contributed by atoms with E-state index in [-0.39, 0.29) is 17.1 Å². The van der Waals surface area contributed by atoms with E-state index < -0.39 is 6.17 Å². The highest BCUT2D eigenvalue weighted by Gasteiger charge is 2.15. The molecule has 1 unspecified atom stereocenters. The van der Waals surface area contributed by atoms with Crippen molar-refractivity contribution in [3.63, 3.8) is 0 Å². The molecule has 2 nitrogen and oxygen atoms in total. The number of alkyl halides is 1. The summed E-state index contributed by atoms with van der Waals surface area (Å²) < 4.78 is 13.5. The van der Waals surface area contributed by atoms with Crippen LogP contribution < -0.4 is 0 Å². The van der Waals surface area contributed by atoms with Crippen molar-refractivity contribution in [3.8, 4) is 11.5 Å². The highest BCUT2D eigenvalue weighted by Crippen LogP contribution is 2.36. The third-order valence-corrected chi connectivity index (χ3v) is 2.19. The summed E-state index contributed by atoms with van der Waals surface area (Å²) in [6.45, 7) is 1.98. The highest BCUT2D eigenvalue weighted by atomic mass is 19.1. The lowest BCUT2D eigenvalue weighted by atomic mass is 10.0. The van der Waals surface area contributed by atoms with E-state index in [1.807, 2.05) is 6.92 Å². The minimum atomic E-state index is -1.19. The molecule has 0 spiro atoms. The van der Waals surface area contributed by atoms with E-state index in [0.717, 1.165) is 12.8 Å². The third-order valence-electron chi connectivity index (χ3n) is 2.19. The van der Waals surface area contributed by atoms with Crippen molar-refractivity contribution in [2.45, 2.75) is 32.4 Å². The van der Waals surface area contributed by atoms with Gasteiger partial charge in [-0.2, -0.15) is 0 Å². The molecule has 0 radical (unpaired) electrons. The van der Waals surface area contributed by atoms with E-state index in [0.29, 0.717) is 6.42 Å². The Labute approximate surface area is 83.0 Å². The summed E-state index contributed by atoms with van der Waals surface area (Å²) in [4.78, 5) is 0. The molecule has 0 aliphatic rings. The summed E-state index contributed by atoms with van der Waals surface area (Å²) in [7, 11) is 0. The van der Waals surface area contributed by atoms with E-state index in [2.05, 4.69) is 0 Å². The first-order valence-corrected chi connectivity index (χ1v) is 4.81. The summed E-state index contributed by atoms with van der Waals surface area (Å²) in [5.74, 6) is -0.599. The van der Waals surface area contributed by atoms with Crippen LogP contribution in [0.2, 0.25) is 0 Å². The Kier molecular flexibility index (Phi) is 3.74. The minimum absolute atomic E-state index is 0.179. The first kappa shape index (κ1) is 10.8. The number of hydrogen-bond acceptors (Lipinski definition) is 2. The molecule has 0 heterocycles. The van der Waals surface area contributed by atoms with Gasteiger partial charge in [0.2, 0.25) is 0 Å². The van der Waals surface area contributed by atoms with Gasteiger partial charge in [-0.15, -0.1) is 0 Å². The summed E-state index contributed by atoms with van der Waals surface area (Å²) in [6, 6.07) is 4.36. The van der Waals surface area contributed by atoms with Gasteiger partial charge in [0.15, 0.2) is 11.5 Å². The molecule has 0 bridgehead atoms. The number of rotatable bonds is 4. The SMILES string of the molecule is CCCCC(F)c1cccc(O)c1O. The van der Waals surface area contributed by atoms with Crippen LogP contribution >= 0.6 is 0 Å². The lowest BCUT2D eigenvalue weighted by molar-refractivity contribution is 0.300. The van der Waals surface area contributed by atoms with Crippen LogP contribution in [-0.2, 0) is 0 Å². The van der Waals surface area contributed by atoms with Crippen molar-refractivity contribution in [1.82, 2.24) is 0 Å². The maximum Gasteiger partial charge on any atom is 0.163 e. The van der Waals surface area contributed by atoms with Crippen LogP contribution in [0, 0.1) is 0 Å². The van der Waals surface area contributed by atoms with Crippen LogP contribution in [0.15, 0.2) is 18.2 Å². The van der Waals surface area contributed by atoms with Crippen LogP contribution in [0.4, 0.5) is 4.39 Å². The van der Waals surface area contributed by atoms with E-state index in [9.17, 15) is 9.50 Å². The molecule has 0 saturated carbocycles. The number of para-hydroxylation sites is 1. The average Bonchev–Trinajstić information content (AvgIpc) is 2.18. The van der Waals surface area contributed by atoms with Crippen LogP contribution in [-0.4, -0.2) is 10.2 Å². The van der Waals surface area contributed by atoms with Crippen molar-refractivity contribution in [3.05, 3.63) is 23.8 Å². The Hall–Kier alpha value is -1.25. The van der Waals surface area contributed by atoms with Gasteiger partial charge in [0.1, 0.15) is 6.17 Å². The molecule has 0 amide bonds. The van der Waals surface area contributed by atoms with Gasteiger partial charge in [0.05, 0.1) is 0 Å². The maximum absolute atomic E-state index is 13.5. The predicted octanol–water partition coefficient (Wildman–Crippen LogP) is 3.30. The smallest absolute Gasteiger partial charge is 0.163 e. The number of hydrogen-bond donors (Lipinski definition) is 2. The van der Waals surface area contributed by atoms with Gasteiger partial charge in [0, 0.05) is 5.56 Å². The fourth-order valence-corrected chi connectivity index (χ4v) is 1.34. The molecule has 1 aromatic rings. The summed E-state index contributed by atoms with van der Waals surface area (Å²) >= 11 is 0. The van der Waals surface area contributed by atoms with Crippen LogP contribution in [0.25, 0.3) is 0 Å². The van der Waals surface area contributed by atoms with Crippen molar-refractivity contribution in [2.75, 3.05) is 0 Å². The molecular weight excluding hydrogens is 183 g/mol. The molecule has 1 atom stereocenters. The predicted molar refractivity (Wildman–Crippen MR) is 53.1 cm³/mol. The Bertz CT molecular complexity index is 299. The molecule has 2 N–H and O–H groups in total. The zero-order valence-corrected chi connectivity index (χ0v) is 8.20. The number of benzene rings is 1. The number of aromatic hydroxyl groups is 2. The van der Waals surface area contributed by atoms with Crippen molar-refractivity contribution in [1.29, 1.82) is 0 Å².